The second kappa shape index (κ2) is 15.9. The number of benzene rings is 2. The van der Waals surface area contributed by atoms with Crippen molar-refractivity contribution in [2.75, 3.05) is 79.3 Å². The molecule has 9 nitrogen and oxygen atoms in total. The van der Waals surface area contributed by atoms with Crippen molar-refractivity contribution in [1.82, 2.24) is 0 Å². The fraction of sp³-hybridized carbons (Fsp3) is 0.480. The number of para-hydroxylation sites is 2. The van der Waals surface area contributed by atoms with E-state index >= 15 is 0 Å². The van der Waals surface area contributed by atoms with Crippen LogP contribution in [0.4, 0.5) is 0 Å². The third kappa shape index (κ3) is 9.96. The minimum Gasteiger partial charge on any atom is -0.491 e. The molecule has 2 aromatic carbocycles. The van der Waals surface area contributed by atoms with Gasteiger partial charge in [0.25, 0.3) is 0 Å². The maximum atomic E-state index is 11.2. The summed E-state index contributed by atoms with van der Waals surface area (Å²) < 4.78 is 45.1. The van der Waals surface area contributed by atoms with Crippen molar-refractivity contribution in [3.8, 4) is 23.0 Å². The molecule has 0 unspecified atom stereocenters. The molecule has 0 amide bonds. The molecule has 0 radical (unpaired) electrons. The Morgan fingerprint density at radius 1 is 0.500 bits per heavy atom. The fourth-order valence-electron chi connectivity index (χ4n) is 3.02. The monoisotopic (exact) mass is 476 g/mol. The molecule has 0 aromatic heterocycles. The molecule has 186 valence electrons. The summed E-state index contributed by atoms with van der Waals surface area (Å²) in [5.74, 6) is 2.41. The number of hydrogen-bond donors (Lipinski definition) is 0. The Kier molecular flexibility index (Phi) is 12.0. The Hall–Kier alpha value is -2.85. The van der Waals surface area contributed by atoms with Gasteiger partial charge in [-0.1, -0.05) is 12.1 Å². The Labute approximate surface area is 199 Å². The van der Waals surface area contributed by atoms with Crippen LogP contribution in [0.3, 0.4) is 0 Å². The summed E-state index contributed by atoms with van der Waals surface area (Å²) in [5.41, 5.74) is 0.472. The number of aldehydes is 1. The second-order valence-corrected chi connectivity index (χ2v) is 7.15. The van der Waals surface area contributed by atoms with Crippen molar-refractivity contribution < 1.29 is 42.7 Å². The lowest BCUT2D eigenvalue weighted by molar-refractivity contribution is 0.0253. The van der Waals surface area contributed by atoms with Crippen molar-refractivity contribution in [2.45, 2.75) is 0 Å². The van der Waals surface area contributed by atoms with Gasteiger partial charge in [0, 0.05) is 11.6 Å². The minimum atomic E-state index is 0.338. The summed E-state index contributed by atoms with van der Waals surface area (Å²) in [6.45, 7) is 4.87. The average Bonchev–Trinajstić information content (AvgIpc) is 2.86. The van der Waals surface area contributed by atoms with Gasteiger partial charge in [0.15, 0.2) is 11.5 Å². The molecule has 2 aromatic rings. The zero-order chi connectivity index (χ0) is 23.7. The average molecular weight is 477 g/mol. The lowest BCUT2D eigenvalue weighted by Crippen LogP contribution is -2.14. The molecule has 1 aliphatic heterocycles. The molecule has 0 spiro atoms. The summed E-state index contributed by atoms with van der Waals surface area (Å²) in [5, 5.41) is 0. The lowest BCUT2D eigenvalue weighted by atomic mass is 10.2. The molecule has 0 aliphatic carbocycles. The zero-order valence-corrected chi connectivity index (χ0v) is 19.3. The summed E-state index contributed by atoms with van der Waals surface area (Å²) in [6, 6.07) is 12.5. The van der Waals surface area contributed by atoms with Crippen molar-refractivity contribution >= 4 is 6.29 Å². The molecule has 0 saturated carbocycles. The van der Waals surface area contributed by atoms with Crippen molar-refractivity contribution in [3.63, 3.8) is 0 Å². The maximum absolute atomic E-state index is 11.2. The van der Waals surface area contributed by atoms with Gasteiger partial charge in [-0.3, -0.25) is 4.79 Å². The van der Waals surface area contributed by atoms with E-state index in [1.807, 2.05) is 24.3 Å². The molecular weight excluding hydrogens is 444 g/mol. The summed E-state index contributed by atoms with van der Waals surface area (Å²) in [6.07, 6.45) is 0.754. The molecule has 1 heterocycles. The predicted molar refractivity (Wildman–Crippen MR) is 124 cm³/mol. The summed E-state index contributed by atoms with van der Waals surface area (Å²) in [7, 11) is 0. The number of carbonyl (C=O) groups is 1. The van der Waals surface area contributed by atoms with Gasteiger partial charge in [-0.15, -0.1) is 0 Å². The van der Waals surface area contributed by atoms with Crippen LogP contribution in [0.2, 0.25) is 0 Å². The molecule has 0 saturated heterocycles. The Morgan fingerprint density at radius 2 is 0.882 bits per heavy atom. The Balaban J connectivity index is 1.48. The molecule has 0 fully saturated rings. The van der Waals surface area contributed by atoms with E-state index in [4.69, 9.17) is 37.9 Å². The van der Waals surface area contributed by atoms with Crippen LogP contribution in [0.25, 0.3) is 0 Å². The number of fused-ring (bicyclic) bond motifs is 3. The van der Waals surface area contributed by atoms with Crippen LogP contribution in [0.15, 0.2) is 42.5 Å². The minimum absolute atomic E-state index is 0.338. The van der Waals surface area contributed by atoms with Crippen LogP contribution in [-0.2, 0) is 18.9 Å². The van der Waals surface area contributed by atoms with Crippen molar-refractivity contribution in [1.29, 1.82) is 0 Å². The number of hydrogen-bond acceptors (Lipinski definition) is 9. The highest BCUT2D eigenvalue weighted by molar-refractivity contribution is 5.76. The molecule has 0 N–H and O–H groups in total. The third-order valence-corrected chi connectivity index (χ3v) is 4.59. The van der Waals surface area contributed by atoms with E-state index in [2.05, 4.69) is 0 Å². The quantitative estimate of drug-likeness (QED) is 0.576. The van der Waals surface area contributed by atoms with Crippen molar-refractivity contribution in [3.05, 3.63) is 48.0 Å². The summed E-state index contributed by atoms with van der Waals surface area (Å²) >= 11 is 0. The SMILES string of the molecule is O=Cc1cc2cc(c1)OCCOCCOCCOc1ccccc1OCCOCCOCCO2. The first-order valence-electron chi connectivity index (χ1n) is 11.4. The van der Waals surface area contributed by atoms with Gasteiger partial charge in [0.05, 0.1) is 52.9 Å². The topological polar surface area (TPSA) is 90.9 Å². The van der Waals surface area contributed by atoms with E-state index in [0.29, 0.717) is 108 Å². The van der Waals surface area contributed by atoms with E-state index in [0.717, 1.165) is 6.29 Å². The van der Waals surface area contributed by atoms with Gasteiger partial charge in [-0.2, -0.15) is 0 Å². The lowest BCUT2D eigenvalue weighted by Gasteiger charge is -2.13. The van der Waals surface area contributed by atoms with Gasteiger partial charge in [-0.25, -0.2) is 0 Å². The fourth-order valence-corrected chi connectivity index (χ4v) is 3.02. The highest BCUT2D eigenvalue weighted by atomic mass is 16.6. The number of carbonyl (C=O) groups excluding carboxylic acids is 1. The molecule has 34 heavy (non-hydrogen) atoms. The molecule has 3 rings (SSSR count). The van der Waals surface area contributed by atoms with E-state index in [1.165, 1.54) is 0 Å². The van der Waals surface area contributed by atoms with Gasteiger partial charge < -0.3 is 37.9 Å². The highest BCUT2D eigenvalue weighted by Gasteiger charge is 2.06. The first-order valence-corrected chi connectivity index (χ1v) is 11.4. The van der Waals surface area contributed by atoms with Crippen LogP contribution in [-0.4, -0.2) is 85.6 Å². The third-order valence-electron chi connectivity index (χ3n) is 4.59. The molecular formula is C25H32O9. The largest absolute Gasteiger partial charge is 0.491 e. The molecule has 2 bridgehead atoms. The smallest absolute Gasteiger partial charge is 0.161 e. The van der Waals surface area contributed by atoms with E-state index < -0.39 is 0 Å². The Morgan fingerprint density at radius 3 is 1.29 bits per heavy atom. The number of rotatable bonds is 1. The van der Waals surface area contributed by atoms with Crippen LogP contribution in [0.1, 0.15) is 10.4 Å². The standard InChI is InChI=1S/C25H32O9/c26-20-21-17-22-19-23(18-21)32-14-10-28-6-8-30-12-16-34-25-4-2-1-3-24(25)33-15-11-29-7-5-27-9-13-31-22/h1-4,17-20H,5-16H2. The number of ether oxygens (including phenoxy) is 8. The molecule has 0 atom stereocenters. The van der Waals surface area contributed by atoms with Crippen LogP contribution < -0.4 is 18.9 Å². The zero-order valence-electron chi connectivity index (χ0n) is 19.3. The van der Waals surface area contributed by atoms with Gasteiger partial charge in [0.1, 0.15) is 44.2 Å². The van der Waals surface area contributed by atoms with Gasteiger partial charge in [0.2, 0.25) is 0 Å². The molecule has 9 heteroatoms. The highest BCUT2D eigenvalue weighted by Crippen LogP contribution is 2.26. The van der Waals surface area contributed by atoms with Gasteiger partial charge in [-0.05, 0) is 24.3 Å². The van der Waals surface area contributed by atoms with E-state index in [1.54, 1.807) is 18.2 Å². The van der Waals surface area contributed by atoms with Crippen LogP contribution in [0.5, 0.6) is 23.0 Å². The van der Waals surface area contributed by atoms with Crippen molar-refractivity contribution in [2.24, 2.45) is 0 Å². The normalized spacial score (nSPS) is 17.8. The first kappa shape index (κ1) is 25.8. The van der Waals surface area contributed by atoms with E-state index in [-0.39, 0.29) is 0 Å². The Bertz CT molecular complexity index is 782. The predicted octanol–water partition coefficient (Wildman–Crippen LogP) is 2.79. The maximum Gasteiger partial charge on any atom is 0.161 e. The van der Waals surface area contributed by atoms with E-state index in [9.17, 15) is 4.79 Å². The summed E-state index contributed by atoms with van der Waals surface area (Å²) in [4.78, 5) is 11.2. The molecule has 1 aliphatic rings. The van der Waals surface area contributed by atoms with Crippen LogP contribution >= 0.6 is 0 Å². The second-order valence-electron chi connectivity index (χ2n) is 7.15. The van der Waals surface area contributed by atoms with Crippen LogP contribution in [0, 0.1) is 0 Å². The van der Waals surface area contributed by atoms with Gasteiger partial charge >= 0.3 is 0 Å². The first-order chi connectivity index (χ1) is 16.8.